The lowest BCUT2D eigenvalue weighted by Crippen LogP contribution is -2.30. The molecule has 0 aromatic rings. The number of carbonyl (C=O) groups excluding carboxylic acids is 3. The minimum absolute atomic E-state index is 0.105. The highest BCUT2D eigenvalue weighted by Gasteiger charge is 2.19. The third-order valence-electron chi connectivity index (χ3n) is 11.0. The van der Waals surface area contributed by atoms with Gasteiger partial charge in [-0.25, -0.2) is 0 Å². The third-order valence-corrected chi connectivity index (χ3v) is 11.0. The zero-order valence-corrected chi connectivity index (χ0v) is 42.2. The maximum absolute atomic E-state index is 12.8. The second kappa shape index (κ2) is 52.9. The Balaban J connectivity index is 4.50. The number of unbranched alkanes of at least 4 members (excludes halogenated alkanes) is 20. The van der Waals surface area contributed by atoms with Crippen molar-refractivity contribution >= 4 is 17.9 Å². The Morgan fingerprint density at radius 2 is 0.600 bits per heavy atom. The molecule has 370 valence electrons. The Kier molecular flexibility index (Phi) is 50.0. The predicted octanol–water partition coefficient (Wildman–Crippen LogP) is 17.8. The summed E-state index contributed by atoms with van der Waals surface area (Å²) in [7, 11) is 0. The Morgan fingerprint density at radius 3 is 1.02 bits per heavy atom. The number of ether oxygens (including phenoxy) is 3. The zero-order valence-electron chi connectivity index (χ0n) is 42.2. The molecule has 0 fully saturated rings. The zero-order chi connectivity index (χ0) is 47.2. The van der Waals surface area contributed by atoms with Crippen LogP contribution in [0, 0.1) is 0 Å². The highest BCUT2D eigenvalue weighted by atomic mass is 16.6. The molecule has 0 amide bonds. The van der Waals surface area contributed by atoms with Gasteiger partial charge in [0, 0.05) is 19.3 Å². The van der Waals surface area contributed by atoms with Crippen molar-refractivity contribution in [3.05, 3.63) is 97.2 Å². The van der Waals surface area contributed by atoms with Crippen LogP contribution in [0.3, 0.4) is 0 Å². The van der Waals surface area contributed by atoms with Crippen molar-refractivity contribution in [3.8, 4) is 0 Å². The molecule has 0 aliphatic carbocycles. The molecule has 0 radical (unpaired) electrons. The van der Waals surface area contributed by atoms with E-state index in [9.17, 15) is 14.4 Å². The SMILES string of the molecule is CC/C=C\C/C=C\C/C=C\C/C=C\CCCCCCC(=O)OC[C@H](COC(=O)CCCC/C=C\C/C=C\C/C=C\CCCCC)OC(=O)CCCCCCCCC/C=C\CCCCCC. The maximum atomic E-state index is 12.8. The number of hydrogen-bond donors (Lipinski definition) is 0. The third kappa shape index (κ3) is 51.2. The molecule has 0 spiro atoms. The summed E-state index contributed by atoms with van der Waals surface area (Å²) in [6.45, 7) is 6.42. The lowest BCUT2D eigenvalue weighted by atomic mass is 10.1. The molecule has 0 aliphatic rings. The van der Waals surface area contributed by atoms with Gasteiger partial charge in [-0.05, 0) is 122 Å². The summed E-state index contributed by atoms with van der Waals surface area (Å²) in [5, 5.41) is 0. The summed E-state index contributed by atoms with van der Waals surface area (Å²) < 4.78 is 16.8. The quantitative estimate of drug-likeness (QED) is 0.0262. The van der Waals surface area contributed by atoms with Gasteiger partial charge in [-0.1, -0.05) is 195 Å². The van der Waals surface area contributed by atoms with Crippen LogP contribution in [0.5, 0.6) is 0 Å². The van der Waals surface area contributed by atoms with Gasteiger partial charge in [0.05, 0.1) is 0 Å². The molecule has 0 unspecified atom stereocenters. The maximum Gasteiger partial charge on any atom is 0.306 e. The Labute approximate surface area is 400 Å². The monoisotopic (exact) mass is 903 g/mol. The van der Waals surface area contributed by atoms with Gasteiger partial charge >= 0.3 is 17.9 Å². The summed E-state index contributed by atoms with van der Waals surface area (Å²) in [4.78, 5) is 38.0. The lowest BCUT2D eigenvalue weighted by Gasteiger charge is -2.18. The fourth-order valence-corrected chi connectivity index (χ4v) is 7.02. The Bertz CT molecular complexity index is 1310. The van der Waals surface area contributed by atoms with E-state index in [0.717, 1.165) is 109 Å². The van der Waals surface area contributed by atoms with Gasteiger partial charge in [0.2, 0.25) is 0 Å². The molecule has 6 nitrogen and oxygen atoms in total. The fourth-order valence-electron chi connectivity index (χ4n) is 7.02. The van der Waals surface area contributed by atoms with Crippen LogP contribution in [0.4, 0.5) is 0 Å². The van der Waals surface area contributed by atoms with Gasteiger partial charge in [-0.2, -0.15) is 0 Å². The van der Waals surface area contributed by atoms with Gasteiger partial charge in [-0.3, -0.25) is 14.4 Å². The van der Waals surface area contributed by atoms with Crippen molar-refractivity contribution in [2.45, 2.75) is 245 Å². The molecule has 0 aromatic heterocycles. The molecule has 0 N–H and O–H groups in total. The Morgan fingerprint density at radius 1 is 0.323 bits per heavy atom. The summed E-state index contributed by atoms with van der Waals surface area (Å²) in [5.74, 6) is -0.971. The molecule has 0 rings (SSSR count). The number of rotatable bonds is 47. The highest BCUT2D eigenvalue weighted by molar-refractivity contribution is 5.71. The summed E-state index contributed by atoms with van der Waals surface area (Å²) >= 11 is 0. The van der Waals surface area contributed by atoms with Crippen molar-refractivity contribution in [2.75, 3.05) is 13.2 Å². The van der Waals surface area contributed by atoms with E-state index in [1.54, 1.807) is 0 Å². The van der Waals surface area contributed by atoms with Crippen LogP contribution >= 0.6 is 0 Å². The van der Waals surface area contributed by atoms with Crippen molar-refractivity contribution < 1.29 is 28.6 Å². The van der Waals surface area contributed by atoms with Crippen molar-refractivity contribution in [2.24, 2.45) is 0 Å². The first-order valence-corrected chi connectivity index (χ1v) is 26.7. The molecule has 65 heavy (non-hydrogen) atoms. The van der Waals surface area contributed by atoms with Crippen molar-refractivity contribution in [3.63, 3.8) is 0 Å². The van der Waals surface area contributed by atoms with Crippen LogP contribution in [0.2, 0.25) is 0 Å². The van der Waals surface area contributed by atoms with E-state index in [1.165, 1.54) is 89.9 Å². The van der Waals surface area contributed by atoms with Gasteiger partial charge in [0.15, 0.2) is 6.10 Å². The van der Waals surface area contributed by atoms with Crippen LogP contribution in [0.25, 0.3) is 0 Å². The molecule has 0 bridgehead atoms. The number of hydrogen-bond acceptors (Lipinski definition) is 6. The van der Waals surface area contributed by atoms with Crippen LogP contribution in [-0.4, -0.2) is 37.2 Å². The molecule has 0 saturated carbocycles. The molecule has 0 aliphatic heterocycles. The van der Waals surface area contributed by atoms with E-state index in [0.29, 0.717) is 19.3 Å². The van der Waals surface area contributed by atoms with E-state index in [-0.39, 0.29) is 31.1 Å². The minimum atomic E-state index is -0.806. The topological polar surface area (TPSA) is 78.9 Å². The first-order chi connectivity index (χ1) is 32.0. The molecular weight excluding hydrogens is 805 g/mol. The first-order valence-electron chi connectivity index (χ1n) is 26.7. The standard InChI is InChI=1S/C59H98O6/c1-4-7-10-13-16-19-22-25-28-29-32-34-37-40-43-46-49-52-58(61)64-55-56(65-59(62)53-50-47-44-41-38-35-31-27-24-21-18-15-12-9-6-3)54-63-57(60)51-48-45-42-39-36-33-30-26-23-20-17-14-11-8-5-2/h7,10,16-17,19-21,24-26,28,30,32,34,36,39,56H,4-6,8-9,11-15,18,22-23,27,29,31,33,35,37-38,40-55H2,1-3H3/b10-7-,19-16-,20-17-,24-21-,28-25-,30-26-,34-32-,39-36-/t56-/m0/s1. The van der Waals surface area contributed by atoms with Gasteiger partial charge < -0.3 is 14.2 Å². The van der Waals surface area contributed by atoms with E-state index >= 15 is 0 Å². The second-order valence-corrected chi connectivity index (χ2v) is 17.4. The minimum Gasteiger partial charge on any atom is -0.462 e. The predicted molar refractivity (Wildman–Crippen MR) is 279 cm³/mol. The van der Waals surface area contributed by atoms with Gasteiger partial charge in [0.1, 0.15) is 13.2 Å². The van der Waals surface area contributed by atoms with Gasteiger partial charge in [-0.15, -0.1) is 0 Å². The molecular formula is C59H98O6. The average molecular weight is 903 g/mol. The highest BCUT2D eigenvalue weighted by Crippen LogP contribution is 2.13. The van der Waals surface area contributed by atoms with Crippen LogP contribution in [0.15, 0.2) is 97.2 Å². The molecule has 0 aromatic carbocycles. The average Bonchev–Trinajstić information content (AvgIpc) is 3.30. The normalized spacial score (nSPS) is 12.8. The van der Waals surface area contributed by atoms with E-state index in [4.69, 9.17) is 14.2 Å². The first kappa shape index (κ1) is 61.3. The fraction of sp³-hybridized carbons (Fsp3) is 0.678. The van der Waals surface area contributed by atoms with Gasteiger partial charge in [0.25, 0.3) is 0 Å². The molecule has 6 heteroatoms. The summed E-state index contributed by atoms with van der Waals surface area (Å²) in [6, 6.07) is 0. The molecule has 1 atom stereocenters. The second-order valence-electron chi connectivity index (χ2n) is 17.4. The van der Waals surface area contributed by atoms with E-state index in [1.807, 2.05) is 0 Å². The smallest absolute Gasteiger partial charge is 0.306 e. The van der Waals surface area contributed by atoms with E-state index < -0.39 is 6.10 Å². The number of esters is 3. The van der Waals surface area contributed by atoms with E-state index in [2.05, 4.69) is 118 Å². The number of allylic oxidation sites excluding steroid dienone is 16. The summed E-state index contributed by atoms with van der Waals surface area (Å²) in [5.41, 5.74) is 0. The van der Waals surface area contributed by atoms with Crippen molar-refractivity contribution in [1.29, 1.82) is 0 Å². The van der Waals surface area contributed by atoms with Crippen molar-refractivity contribution in [1.82, 2.24) is 0 Å². The largest absolute Gasteiger partial charge is 0.462 e. The van der Waals surface area contributed by atoms with Crippen LogP contribution in [-0.2, 0) is 28.6 Å². The lowest BCUT2D eigenvalue weighted by molar-refractivity contribution is -0.167. The van der Waals surface area contributed by atoms with Crippen LogP contribution in [0.1, 0.15) is 239 Å². The summed E-state index contributed by atoms with van der Waals surface area (Å²) in [6.07, 6.45) is 69.6. The molecule has 0 saturated heterocycles. The molecule has 0 heterocycles. The van der Waals surface area contributed by atoms with Crippen LogP contribution < -0.4 is 0 Å². The number of carbonyl (C=O) groups is 3. The Hall–Kier alpha value is -3.67.